The molecule has 146 valence electrons. The topological polar surface area (TPSA) is 59.8 Å². The van der Waals surface area contributed by atoms with Crippen molar-refractivity contribution < 1.29 is 4.79 Å². The maximum atomic E-state index is 12.4. The van der Waals surface area contributed by atoms with Gasteiger partial charge in [-0.1, -0.05) is 37.0 Å². The van der Waals surface area contributed by atoms with E-state index in [1.807, 2.05) is 6.92 Å². The standard InChI is InChI=1S/C20H26Cl2N4O/c1-12(2)4-9-17-24-25-18(26(17)14-5-6-14)10-11-19(27)23-16-8-7-15(21)20(22)13(16)3/h7-8,12,14H,4-6,9-11H2,1-3H3,(H,23,27). The number of hydrogen-bond donors (Lipinski definition) is 1. The highest BCUT2D eigenvalue weighted by Gasteiger charge is 2.29. The molecule has 7 heteroatoms. The third-order valence-corrected chi connectivity index (χ3v) is 5.78. The number of aryl methyl sites for hydroxylation is 2. The fourth-order valence-electron chi connectivity index (χ4n) is 3.10. The van der Waals surface area contributed by atoms with Gasteiger partial charge in [0.15, 0.2) is 0 Å². The summed E-state index contributed by atoms with van der Waals surface area (Å²) < 4.78 is 2.26. The van der Waals surface area contributed by atoms with Crippen LogP contribution in [0.5, 0.6) is 0 Å². The molecule has 5 nitrogen and oxygen atoms in total. The van der Waals surface area contributed by atoms with Gasteiger partial charge < -0.3 is 9.88 Å². The Labute approximate surface area is 170 Å². The van der Waals surface area contributed by atoms with Crippen molar-refractivity contribution in [1.82, 2.24) is 14.8 Å². The van der Waals surface area contributed by atoms with Crippen LogP contribution in [0.2, 0.25) is 10.0 Å². The molecule has 0 spiro atoms. The Hall–Kier alpha value is -1.59. The van der Waals surface area contributed by atoms with Crippen LogP contribution >= 0.6 is 23.2 Å². The van der Waals surface area contributed by atoms with Crippen LogP contribution in [-0.2, 0) is 17.6 Å². The third-order valence-electron chi connectivity index (χ3n) is 4.88. The van der Waals surface area contributed by atoms with Gasteiger partial charge in [0.2, 0.25) is 5.91 Å². The zero-order chi connectivity index (χ0) is 19.6. The summed E-state index contributed by atoms with van der Waals surface area (Å²) in [5.41, 5.74) is 1.46. The molecule has 27 heavy (non-hydrogen) atoms. The summed E-state index contributed by atoms with van der Waals surface area (Å²) in [6.45, 7) is 6.27. The first-order chi connectivity index (χ1) is 12.9. The Kier molecular flexibility index (Phi) is 6.43. The lowest BCUT2D eigenvalue weighted by atomic mass is 10.1. The minimum atomic E-state index is -0.0643. The number of carbonyl (C=O) groups is 1. The number of rotatable bonds is 8. The number of hydrogen-bond acceptors (Lipinski definition) is 3. The lowest BCUT2D eigenvalue weighted by Gasteiger charge is -2.12. The van der Waals surface area contributed by atoms with Gasteiger partial charge in [-0.2, -0.15) is 0 Å². The van der Waals surface area contributed by atoms with E-state index in [2.05, 4.69) is 33.9 Å². The van der Waals surface area contributed by atoms with Gasteiger partial charge in [-0.3, -0.25) is 4.79 Å². The molecule has 1 N–H and O–H groups in total. The fraction of sp³-hybridized carbons (Fsp3) is 0.550. The summed E-state index contributed by atoms with van der Waals surface area (Å²) in [5.74, 6) is 2.54. The van der Waals surface area contributed by atoms with Crippen molar-refractivity contribution in [2.75, 3.05) is 5.32 Å². The summed E-state index contributed by atoms with van der Waals surface area (Å²) >= 11 is 12.2. The van der Waals surface area contributed by atoms with Crippen LogP contribution in [0.15, 0.2) is 12.1 Å². The Morgan fingerprint density at radius 2 is 1.89 bits per heavy atom. The van der Waals surface area contributed by atoms with Crippen LogP contribution in [0.25, 0.3) is 0 Å². The van der Waals surface area contributed by atoms with Crippen molar-refractivity contribution >= 4 is 34.8 Å². The van der Waals surface area contributed by atoms with Gasteiger partial charge in [0, 0.05) is 31.0 Å². The molecule has 0 radical (unpaired) electrons. The van der Waals surface area contributed by atoms with Crippen LogP contribution in [-0.4, -0.2) is 20.7 Å². The molecular weight excluding hydrogens is 383 g/mol. The molecule has 1 aliphatic rings. The van der Waals surface area contributed by atoms with Crippen molar-refractivity contribution in [3.63, 3.8) is 0 Å². The predicted octanol–water partition coefficient (Wildman–Crippen LogP) is 5.39. The lowest BCUT2D eigenvalue weighted by Crippen LogP contribution is -2.15. The van der Waals surface area contributed by atoms with Crippen LogP contribution < -0.4 is 5.32 Å². The number of nitrogens with one attached hydrogen (secondary N) is 1. The van der Waals surface area contributed by atoms with E-state index in [0.29, 0.717) is 40.5 Å². The predicted molar refractivity (Wildman–Crippen MR) is 110 cm³/mol. The SMILES string of the molecule is Cc1c(NC(=O)CCc2nnc(CCC(C)C)n2C2CC2)ccc(Cl)c1Cl. The van der Waals surface area contributed by atoms with Gasteiger partial charge in [-0.05, 0) is 49.8 Å². The minimum Gasteiger partial charge on any atom is -0.326 e. The number of nitrogens with zero attached hydrogens (tertiary/aromatic N) is 3. The monoisotopic (exact) mass is 408 g/mol. The van der Waals surface area contributed by atoms with Crippen molar-refractivity contribution in [3.05, 3.63) is 39.4 Å². The second kappa shape index (κ2) is 8.61. The lowest BCUT2D eigenvalue weighted by molar-refractivity contribution is -0.116. The maximum absolute atomic E-state index is 12.4. The van der Waals surface area contributed by atoms with Crippen molar-refractivity contribution in [3.8, 4) is 0 Å². The first-order valence-electron chi connectivity index (χ1n) is 9.54. The third kappa shape index (κ3) is 5.02. The number of amides is 1. The molecule has 1 aromatic carbocycles. The molecule has 1 amide bonds. The van der Waals surface area contributed by atoms with Gasteiger partial charge in [-0.25, -0.2) is 0 Å². The molecule has 1 heterocycles. The van der Waals surface area contributed by atoms with E-state index in [-0.39, 0.29) is 5.91 Å². The zero-order valence-electron chi connectivity index (χ0n) is 16.1. The fourth-order valence-corrected chi connectivity index (χ4v) is 3.47. The minimum absolute atomic E-state index is 0.0643. The molecule has 3 rings (SSSR count). The molecule has 0 unspecified atom stereocenters. The Morgan fingerprint density at radius 1 is 1.22 bits per heavy atom. The average Bonchev–Trinajstić information content (AvgIpc) is 3.39. The highest BCUT2D eigenvalue weighted by molar-refractivity contribution is 6.42. The molecule has 0 aliphatic heterocycles. The van der Waals surface area contributed by atoms with Crippen molar-refractivity contribution in [2.45, 2.75) is 65.3 Å². The van der Waals surface area contributed by atoms with Gasteiger partial charge in [-0.15, -0.1) is 10.2 Å². The van der Waals surface area contributed by atoms with E-state index in [0.717, 1.165) is 30.1 Å². The Morgan fingerprint density at radius 3 is 2.52 bits per heavy atom. The molecule has 0 atom stereocenters. The van der Waals surface area contributed by atoms with Crippen molar-refractivity contribution in [2.24, 2.45) is 5.92 Å². The second-order valence-electron chi connectivity index (χ2n) is 7.65. The van der Waals surface area contributed by atoms with Crippen LogP contribution in [0.1, 0.15) is 62.8 Å². The summed E-state index contributed by atoms with van der Waals surface area (Å²) in [4.78, 5) is 12.4. The first-order valence-corrected chi connectivity index (χ1v) is 10.3. The number of aromatic nitrogens is 3. The van der Waals surface area contributed by atoms with Gasteiger partial charge >= 0.3 is 0 Å². The highest BCUT2D eigenvalue weighted by atomic mass is 35.5. The van der Waals surface area contributed by atoms with E-state index >= 15 is 0 Å². The van der Waals surface area contributed by atoms with E-state index in [4.69, 9.17) is 23.2 Å². The quantitative estimate of drug-likeness (QED) is 0.636. The van der Waals surface area contributed by atoms with E-state index in [1.54, 1.807) is 12.1 Å². The first kappa shape index (κ1) is 20.2. The zero-order valence-corrected chi connectivity index (χ0v) is 17.6. The Bertz CT molecular complexity index is 828. The molecule has 1 aromatic heterocycles. The Balaban J connectivity index is 1.63. The van der Waals surface area contributed by atoms with Crippen LogP contribution in [0, 0.1) is 12.8 Å². The smallest absolute Gasteiger partial charge is 0.224 e. The molecule has 1 fully saturated rings. The van der Waals surface area contributed by atoms with Crippen LogP contribution in [0.4, 0.5) is 5.69 Å². The van der Waals surface area contributed by atoms with E-state index in [1.165, 1.54) is 12.8 Å². The van der Waals surface area contributed by atoms with Gasteiger partial charge in [0.05, 0.1) is 10.0 Å². The highest BCUT2D eigenvalue weighted by Crippen LogP contribution is 2.37. The molecule has 1 saturated carbocycles. The normalized spacial score (nSPS) is 14.0. The number of halogens is 2. The summed E-state index contributed by atoms with van der Waals surface area (Å²) in [6, 6.07) is 3.98. The summed E-state index contributed by atoms with van der Waals surface area (Å²) in [6.07, 6.45) is 5.33. The molecule has 0 bridgehead atoms. The summed E-state index contributed by atoms with van der Waals surface area (Å²) in [7, 11) is 0. The summed E-state index contributed by atoms with van der Waals surface area (Å²) in [5, 5.41) is 12.6. The van der Waals surface area contributed by atoms with Crippen molar-refractivity contribution in [1.29, 1.82) is 0 Å². The second-order valence-corrected chi connectivity index (χ2v) is 8.43. The van der Waals surface area contributed by atoms with Gasteiger partial charge in [0.1, 0.15) is 11.6 Å². The maximum Gasteiger partial charge on any atom is 0.224 e. The van der Waals surface area contributed by atoms with Gasteiger partial charge in [0.25, 0.3) is 0 Å². The largest absolute Gasteiger partial charge is 0.326 e. The number of anilines is 1. The average molecular weight is 409 g/mol. The molecule has 0 saturated heterocycles. The number of carbonyl (C=O) groups excluding carboxylic acids is 1. The van der Waals surface area contributed by atoms with E-state index in [9.17, 15) is 4.79 Å². The molecular formula is C20H26Cl2N4O. The number of benzene rings is 1. The molecule has 1 aliphatic carbocycles. The molecule has 2 aromatic rings. The van der Waals surface area contributed by atoms with E-state index < -0.39 is 0 Å². The van der Waals surface area contributed by atoms with Crippen LogP contribution in [0.3, 0.4) is 0 Å².